The van der Waals surface area contributed by atoms with E-state index in [1.54, 1.807) is 12.7 Å². The molecule has 0 radical (unpaired) electrons. The number of hydrogen-bond donors (Lipinski definition) is 2. The summed E-state index contributed by atoms with van der Waals surface area (Å²) >= 11 is 0. The maximum absolute atomic E-state index is 7.89. The molecule has 5 aromatic rings. The van der Waals surface area contributed by atoms with Crippen molar-refractivity contribution >= 4 is 16.9 Å². The van der Waals surface area contributed by atoms with Gasteiger partial charge in [-0.15, -0.1) is 0 Å². The maximum Gasteiger partial charge on any atom is 0.173 e. The Morgan fingerprint density at radius 3 is 2.03 bits per heavy atom. The van der Waals surface area contributed by atoms with Crippen LogP contribution in [0.3, 0.4) is 0 Å². The minimum absolute atomic E-state index is 0.222. The van der Waals surface area contributed by atoms with Gasteiger partial charge < -0.3 is 14.5 Å². The Labute approximate surface area is 217 Å². The fourth-order valence-corrected chi connectivity index (χ4v) is 4.58. The zero-order chi connectivity index (χ0) is 25.6. The minimum atomic E-state index is 0.222. The lowest BCUT2D eigenvalue weighted by molar-refractivity contribution is -0.688. The minimum Gasteiger partial charge on any atom is -0.377 e. The Kier molecular flexibility index (Phi) is 7.40. The van der Waals surface area contributed by atoms with E-state index >= 15 is 0 Å². The zero-order valence-corrected chi connectivity index (χ0v) is 21.6. The van der Waals surface area contributed by atoms with Crippen molar-refractivity contribution in [3.05, 3.63) is 113 Å². The predicted molar refractivity (Wildman–Crippen MR) is 146 cm³/mol. The van der Waals surface area contributed by atoms with Gasteiger partial charge in [0.05, 0.1) is 19.2 Å². The lowest BCUT2D eigenvalue weighted by Crippen LogP contribution is -2.33. The van der Waals surface area contributed by atoms with Crippen LogP contribution in [0.25, 0.3) is 11.2 Å². The van der Waals surface area contributed by atoms with Gasteiger partial charge in [-0.3, -0.25) is 5.41 Å². The van der Waals surface area contributed by atoms with Crippen LogP contribution in [-0.4, -0.2) is 33.6 Å². The van der Waals surface area contributed by atoms with Crippen LogP contribution in [0, 0.1) is 5.41 Å². The summed E-state index contributed by atoms with van der Waals surface area (Å²) in [6.45, 7) is 1.58. The quantitative estimate of drug-likeness (QED) is 0.226. The molecule has 0 unspecified atom stereocenters. The van der Waals surface area contributed by atoms with Crippen molar-refractivity contribution in [2.75, 3.05) is 19.0 Å². The summed E-state index contributed by atoms with van der Waals surface area (Å²) in [6, 6.07) is 22.2. The Morgan fingerprint density at radius 1 is 0.811 bits per heavy atom. The van der Waals surface area contributed by atoms with Gasteiger partial charge in [-0.05, 0) is 42.4 Å². The normalized spacial score (nSPS) is 11.2. The van der Waals surface area contributed by atoms with Crippen LogP contribution in [0.2, 0.25) is 0 Å². The number of nitrogens with one attached hydrogen (secondary N) is 2. The van der Waals surface area contributed by atoms with Gasteiger partial charge in [-0.2, -0.15) is 0 Å². The Morgan fingerprint density at radius 2 is 1.41 bits per heavy atom. The molecule has 0 bridgehead atoms. The first-order valence-electron chi connectivity index (χ1n) is 12.8. The molecule has 188 valence electrons. The number of rotatable bonds is 10. The number of fused-ring (bicyclic) bond motifs is 1. The van der Waals surface area contributed by atoms with E-state index in [-0.39, 0.29) is 5.49 Å². The highest BCUT2D eigenvalue weighted by molar-refractivity contribution is 5.68. The average Bonchev–Trinajstić information content (AvgIpc) is 3.42. The summed E-state index contributed by atoms with van der Waals surface area (Å²) in [4.78, 5) is 13.6. The highest BCUT2D eigenvalue weighted by Gasteiger charge is 2.06. The SMILES string of the molecule is CN(C)c1cc[n+](Cc2ccc(CCCCc3ccc(Cn4cnc(=N)c5[nH]cnc54)cc3)cc2)cc1. The first-order chi connectivity index (χ1) is 18.0. The van der Waals surface area contributed by atoms with Gasteiger partial charge in [0.2, 0.25) is 0 Å². The van der Waals surface area contributed by atoms with E-state index in [4.69, 9.17) is 5.41 Å². The molecule has 0 aliphatic heterocycles. The third kappa shape index (κ3) is 6.12. The number of aromatic nitrogens is 5. The van der Waals surface area contributed by atoms with Gasteiger partial charge in [0.25, 0.3) is 0 Å². The summed E-state index contributed by atoms with van der Waals surface area (Å²) in [5.74, 6) is 0. The molecule has 0 spiro atoms. The summed E-state index contributed by atoms with van der Waals surface area (Å²) in [6.07, 6.45) is 12.1. The zero-order valence-electron chi connectivity index (χ0n) is 21.6. The van der Waals surface area contributed by atoms with Crippen molar-refractivity contribution in [3.63, 3.8) is 0 Å². The second-order valence-corrected chi connectivity index (χ2v) is 9.79. The number of pyridine rings is 1. The number of imidazole rings is 1. The van der Waals surface area contributed by atoms with Crippen molar-refractivity contribution in [1.29, 1.82) is 5.41 Å². The van der Waals surface area contributed by atoms with E-state index in [0.717, 1.165) is 25.0 Å². The Hall–Kier alpha value is -4.26. The molecule has 3 heterocycles. The van der Waals surface area contributed by atoms with Gasteiger partial charge in [-0.25, -0.2) is 14.5 Å². The lowest BCUT2D eigenvalue weighted by atomic mass is 10.0. The number of aryl methyl sites for hydroxylation is 2. The highest BCUT2D eigenvalue weighted by atomic mass is 15.1. The topological polar surface area (TPSA) is 77.5 Å². The van der Waals surface area contributed by atoms with Crippen LogP contribution < -0.4 is 15.0 Å². The number of aromatic amines is 1. The van der Waals surface area contributed by atoms with Crippen LogP contribution in [0.5, 0.6) is 0 Å². The molecule has 0 aliphatic rings. The number of hydrogen-bond acceptors (Lipinski definition) is 4. The molecule has 2 N–H and O–H groups in total. The molecular weight excluding hydrogens is 458 g/mol. The summed E-state index contributed by atoms with van der Waals surface area (Å²) in [7, 11) is 4.12. The van der Waals surface area contributed by atoms with E-state index in [1.807, 2.05) is 4.57 Å². The second kappa shape index (κ2) is 11.2. The number of unbranched alkanes of at least 4 members (excludes halogenated alkanes) is 1. The van der Waals surface area contributed by atoms with Crippen molar-refractivity contribution < 1.29 is 4.57 Å². The van der Waals surface area contributed by atoms with E-state index in [1.165, 1.54) is 40.8 Å². The summed E-state index contributed by atoms with van der Waals surface area (Å²) in [5, 5.41) is 7.89. The Bertz CT molecular complexity index is 1500. The second-order valence-electron chi connectivity index (χ2n) is 9.79. The van der Waals surface area contributed by atoms with Crippen molar-refractivity contribution in [2.45, 2.75) is 38.8 Å². The van der Waals surface area contributed by atoms with Gasteiger partial charge in [0.1, 0.15) is 5.52 Å². The standard InChI is InChI=1S/C30H34N7/c1-35(2)27-15-17-36(18-16-27)19-25-11-7-23(8-12-25)5-3-4-6-24-9-13-26(14-10-24)20-37-22-34-29(31)28-30(37)33-21-32-28/h7-18,21-22,31H,3-6,19-20H2,1-2H3,(H,32,33)/q+1. The summed E-state index contributed by atoms with van der Waals surface area (Å²) in [5.41, 5.74) is 8.16. The summed E-state index contributed by atoms with van der Waals surface area (Å²) < 4.78 is 4.19. The molecule has 5 rings (SSSR count). The fourth-order valence-electron chi connectivity index (χ4n) is 4.58. The molecule has 7 nitrogen and oxygen atoms in total. The molecule has 3 aromatic heterocycles. The van der Waals surface area contributed by atoms with Crippen molar-refractivity contribution in [2.24, 2.45) is 0 Å². The maximum atomic E-state index is 7.89. The van der Waals surface area contributed by atoms with Gasteiger partial charge >= 0.3 is 0 Å². The number of H-pyrrole nitrogens is 1. The first-order valence-corrected chi connectivity index (χ1v) is 12.8. The smallest absolute Gasteiger partial charge is 0.173 e. The predicted octanol–water partition coefficient (Wildman–Crippen LogP) is 4.25. The molecule has 0 saturated heterocycles. The molecule has 0 aliphatic carbocycles. The molecule has 0 fully saturated rings. The van der Waals surface area contributed by atoms with E-state index < -0.39 is 0 Å². The van der Waals surface area contributed by atoms with Crippen LogP contribution in [0.4, 0.5) is 5.69 Å². The molecule has 7 heteroatoms. The molecule has 2 aromatic carbocycles. The molecule has 0 amide bonds. The molecule has 0 saturated carbocycles. The number of nitrogens with zero attached hydrogens (tertiary/aromatic N) is 5. The Balaban J connectivity index is 1.07. The van der Waals surface area contributed by atoms with Crippen molar-refractivity contribution in [1.82, 2.24) is 19.5 Å². The fraction of sp³-hybridized carbons (Fsp3) is 0.267. The van der Waals surface area contributed by atoms with E-state index in [2.05, 4.69) is 112 Å². The largest absolute Gasteiger partial charge is 0.377 e. The first kappa shape index (κ1) is 24.4. The average molecular weight is 493 g/mol. The highest BCUT2D eigenvalue weighted by Crippen LogP contribution is 2.14. The number of benzene rings is 2. The van der Waals surface area contributed by atoms with E-state index in [9.17, 15) is 0 Å². The van der Waals surface area contributed by atoms with Gasteiger partial charge in [0.15, 0.2) is 30.1 Å². The third-order valence-electron chi connectivity index (χ3n) is 6.79. The number of anilines is 1. The van der Waals surface area contributed by atoms with Crippen molar-refractivity contribution in [3.8, 4) is 0 Å². The van der Waals surface area contributed by atoms with E-state index in [0.29, 0.717) is 12.1 Å². The van der Waals surface area contributed by atoms with Crippen LogP contribution in [0.15, 0.2) is 85.7 Å². The van der Waals surface area contributed by atoms with Crippen LogP contribution in [0.1, 0.15) is 35.1 Å². The molecule has 37 heavy (non-hydrogen) atoms. The van der Waals surface area contributed by atoms with Crippen LogP contribution >= 0.6 is 0 Å². The van der Waals surface area contributed by atoms with Gasteiger partial charge in [-0.1, -0.05) is 48.5 Å². The third-order valence-corrected chi connectivity index (χ3v) is 6.79. The lowest BCUT2D eigenvalue weighted by Gasteiger charge is -2.10. The van der Waals surface area contributed by atoms with Crippen LogP contribution in [-0.2, 0) is 25.9 Å². The monoisotopic (exact) mass is 492 g/mol. The molecular formula is C30H34N7+. The van der Waals surface area contributed by atoms with Gasteiger partial charge in [0, 0.05) is 37.5 Å². The molecule has 0 atom stereocenters.